The van der Waals surface area contributed by atoms with E-state index in [2.05, 4.69) is 239 Å². The molecule has 9 rings (SSSR count). The maximum Gasteiger partial charge on any atom is 0.125 e. The number of aromatic hydroxyl groups is 7. The Hall–Kier alpha value is -7.84. The normalized spacial score (nSPS) is 14.2. The molecule has 0 unspecified atom stereocenters. The Morgan fingerprint density at radius 2 is 0.278 bits per heavy atom. The summed E-state index contributed by atoms with van der Waals surface area (Å²) in [7, 11) is 1.69. The Kier molecular flexibility index (Phi) is 19.5. The van der Waals surface area contributed by atoms with Gasteiger partial charge in [0.05, 0.1) is 7.11 Å². The molecule has 97 heavy (non-hydrogen) atoms. The second-order valence-corrected chi connectivity index (χ2v) is 36.7. The number of ether oxygens (including phenoxy) is 1. The lowest BCUT2D eigenvalue weighted by Crippen LogP contribution is -2.15. The molecule has 1 aliphatic rings. The van der Waals surface area contributed by atoms with E-state index in [1.54, 1.807) is 7.11 Å². The van der Waals surface area contributed by atoms with Gasteiger partial charge in [-0.3, -0.25) is 0 Å². The highest BCUT2D eigenvalue weighted by Gasteiger charge is 2.32. The predicted octanol–water partition coefficient (Wildman–Crippen LogP) is 21.1. The van der Waals surface area contributed by atoms with E-state index >= 15 is 0 Å². The topological polar surface area (TPSA) is 151 Å². The Labute approximate surface area is 581 Å². The Balaban J connectivity index is 1.35. The van der Waals surface area contributed by atoms with Crippen LogP contribution in [0.1, 0.15) is 300 Å². The van der Waals surface area contributed by atoms with Gasteiger partial charge in [-0.05, 0) is 177 Å². The molecular weight excluding hydrogens is 1200 g/mol. The Morgan fingerprint density at radius 3 is 0.371 bits per heavy atom. The Morgan fingerprint density at radius 1 is 0.186 bits per heavy atom. The van der Waals surface area contributed by atoms with Gasteiger partial charge < -0.3 is 40.5 Å². The van der Waals surface area contributed by atoms with Gasteiger partial charge in [0.1, 0.15) is 46.0 Å². The largest absolute Gasteiger partial charge is 0.507 e. The van der Waals surface area contributed by atoms with Crippen molar-refractivity contribution in [2.24, 2.45) is 0 Å². The van der Waals surface area contributed by atoms with Crippen LogP contribution in [0.3, 0.4) is 0 Å². The van der Waals surface area contributed by atoms with Gasteiger partial charge in [-0.15, -0.1) is 0 Å². The predicted molar refractivity (Wildman–Crippen MR) is 402 cm³/mol. The zero-order valence-electron chi connectivity index (χ0n) is 63.4. The number of methoxy groups -OCH3 is 1. The van der Waals surface area contributed by atoms with Crippen molar-refractivity contribution in [2.75, 3.05) is 7.11 Å². The third kappa shape index (κ3) is 16.0. The maximum absolute atomic E-state index is 12.9. The lowest BCUT2D eigenvalue weighted by molar-refractivity contribution is 0.404. The lowest BCUT2D eigenvalue weighted by Gasteiger charge is -2.27. The molecule has 8 nitrogen and oxygen atoms in total. The van der Waals surface area contributed by atoms with Crippen LogP contribution in [-0.2, 0) is 94.7 Å². The monoisotopic (exact) mass is 1310 g/mol. The molecule has 8 heteroatoms. The van der Waals surface area contributed by atoms with Gasteiger partial charge in [-0.1, -0.05) is 263 Å². The highest BCUT2D eigenvalue weighted by molar-refractivity contribution is 5.62. The third-order valence-electron chi connectivity index (χ3n) is 20.3. The second-order valence-electron chi connectivity index (χ2n) is 36.7. The smallest absolute Gasteiger partial charge is 0.125 e. The van der Waals surface area contributed by atoms with E-state index in [0.29, 0.717) is 96.5 Å². The van der Waals surface area contributed by atoms with Crippen molar-refractivity contribution in [3.63, 3.8) is 0 Å². The fraction of sp³-hybridized carbons (Fsp3) is 0.461. The summed E-state index contributed by atoms with van der Waals surface area (Å²) in [5.74, 6) is 1.36. The summed E-state index contributed by atoms with van der Waals surface area (Å²) in [6.07, 6.45) is 1.83. The van der Waals surface area contributed by atoms with E-state index < -0.39 is 0 Å². The van der Waals surface area contributed by atoms with Crippen LogP contribution in [0.15, 0.2) is 97.1 Å². The fourth-order valence-corrected chi connectivity index (χ4v) is 13.6. The van der Waals surface area contributed by atoms with Gasteiger partial charge in [0, 0.05) is 51.4 Å². The van der Waals surface area contributed by atoms with E-state index in [4.69, 9.17) is 4.74 Å². The number of fused-ring (bicyclic) bond motifs is 16. The molecule has 16 bridgehead atoms. The molecule has 0 spiro atoms. The van der Waals surface area contributed by atoms with Crippen LogP contribution in [0.2, 0.25) is 0 Å². The first-order valence-electron chi connectivity index (χ1n) is 35.1. The third-order valence-corrected chi connectivity index (χ3v) is 20.3. The van der Waals surface area contributed by atoms with Gasteiger partial charge in [-0.25, -0.2) is 0 Å². The van der Waals surface area contributed by atoms with E-state index in [0.717, 1.165) is 55.6 Å². The molecule has 0 radical (unpaired) electrons. The lowest BCUT2D eigenvalue weighted by atomic mass is 9.79. The first kappa shape index (κ1) is 73.4. The zero-order valence-corrected chi connectivity index (χ0v) is 63.4. The van der Waals surface area contributed by atoms with Gasteiger partial charge in [-0.2, -0.15) is 0 Å². The number of hydrogen-bond acceptors (Lipinski definition) is 8. The maximum atomic E-state index is 12.9. The molecule has 0 saturated carbocycles. The number of benzene rings is 8. The molecule has 1 aliphatic carbocycles. The van der Waals surface area contributed by atoms with Crippen LogP contribution >= 0.6 is 0 Å². The number of phenols is 7. The molecule has 0 heterocycles. The van der Waals surface area contributed by atoms with Gasteiger partial charge in [0.2, 0.25) is 0 Å². The van der Waals surface area contributed by atoms with E-state index in [-0.39, 0.29) is 122 Å². The molecule has 8 aromatic carbocycles. The van der Waals surface area contributed by atoms with Crippen molar-refractivity contribution in [1.29, 1.82) is 0 Å². The summed E-state index contributed by atoms with van der Waals surface area (Å²) in [5, 5.41) is 90.0. The highest BCUT2D eigenvalue weighted by Crippen LogP contribution is 2.47. The van der Waals surface area contributed by atoms with E-state index in [9.17, 15) is 35.7 Å². The molecule has 0 aliphatic heterocycles. The van der Waals surface area contributed by atoms with Crippen molar-refractivity contribution in [1.82, 2.24) is 0 Å². The summed E-state index contributed by atoms with van der Waals surface area (Å²) in [6, 6.07) is 33.3. The van der Waals surface area contributed by atoms with Crippen molar-refractivity contribution < 1.29 is 40.5 Å². The molecular formula is C89H114O8. The summed E-state index contributed by atoms with van der Waals surface area (Å²) in [6.45, 7) is 51.9. The molecule has 0 fully saturated rings. The minimum absolute atomic E-state index is 0.0781. The number of hydrogen-bond donors (Lipinski definition) is 7. The summed E-state index contributed by atoms with van der Waals surface area (Å²) in [4.78, 5) is 0. The van der Waals surface area contributed by atoms with Crippen LogP contribution in [0.25, 0.3) is 0 Å². The molecule has 0 aromatic heterocycles. The molecule has 0 saturated heterocycles. The minimum atomic E-state index is -0.359. The average molecular weight is 1310 g/mol. The standard InChI is InChI=1S/C89H114O8/c1-82(2,3)66-34-50-26-52-36-67(83(4,5)6)38-54(75(52)91)28-56-40-69(85(10,11)12)42-58(77(56)93)30-60-44-71(87(16,17)18)46-62(79(60)95)32-64-48-73(89(22,23)24)49-65(81(64)97-25)33-63-47-72(88(19,20)21)45-61(80(63)96)31-59-43-70(86(13,14)15)41-57(78(59)94)29-55-39-68(84(7,8)9)37-53(76(55)92)27-51(35-66)74(50)90/h34-49,90-96H,26-33H2,1-25H3. The summed E-state index contributed by atoms with van der Waals surface area (Å²) >= 11 is 0. The van der Waals surface area contributed by atoms with Crippen LogP contribution in [0.5, 0.6) is 46.0 Å². The fourth-order valence-electron chi connectivity index (χ4n) is 13.6. The molecule has 7 N–H and O–H groups in total. The average Bonchev–Trinajstić information content (AvgIpc) is 0.788. The first-order valence-corrected chi connectivity index (χ1v) is 35.1. The summed E-state index contributed by atoms with van der Waals surface area (Å²) in [5.41, 5.74) is 16.3. The molecule has 8 aromatic rings. The van der Waals surface area contributed by atoms with E-state index in [1.165, 1.54) is 0 Å². The highest BCUT2D eigenvalue weighted by atomic mass is 16.5. The van der Waals surface area contributed by atoms with Crippen molar-refractivity contribution in [3.8, 4) is 46.0 Å². The van der Waals surface area contributed by atoms with Crippen LogP contribution in [0.4, 0.5) is 0 Å². The van der Waals surface area contributed by atoms with E-state index in [1.807, 2.05) is 24.3 Å². The summed E-state index contributed by atoms with van der Waals surface area (Å²) < 4.78 is 6.52. The van der Waals surface area contributed by atoms with Crippen molar-refractivity contribution in [3.05, 3.63) is 231 Å². The van der Waals surface area contributed by atoms with Crippen LogP contribution < -0.4 is 4.74 Å². The minimum Gasteiger partial charge on any atom is -0.507 e. The molecule has 518 valence electrons. The SMILES string of the molecule is COc1c2cc(C(C)(C)C)cc1Cc1cc(C(C)(C)C)cc(c1O)Cc1cc(C(C)(C)C)cc(c1O)Cc1cc(C(C)(C)C)cc(c1O)Cc1cc(C(C)(C)C)cc(c1O)Cc1cc(C(C)(C)C)cc(c1O)Cc1cc(C(C)(C)C)cc(c1O)Cc1cc(C(C)(C)C)cc(c1O)C2. The van der Waals surface area contributed by atoms with Crippen LogP contribution in [0, 0.1) is 0 Å². The number of phenolic OH excluding ortho intramolecular Hbond substituents is 7. The Bertz CT molecular complexity index is 4080. The quantitative estimate of drug-likeness (QED) is 0.0859. The molecule has 0 atom stereocenters. The van der Waals surface area contributed by atoms with Gasteiger partial charge >= 0.3 is 0 Å². The van der Waals surface area contributed by atoms with Crippen LogP contribution in [-0.4, -0.2) is 42.9 Å². The second kappa shape index (κ2) is 25.8. The number of rotatable bonds is 1. The van der Waals surface area contributed by atoms with Crippen molar-refractivity contribution >= 4 is 0 Å². The van der Waals surface area contributed by atoms with Gasteiger partial charge in [0.15, 0.2) is 0 Å². The zero-order chi connectivity index (χ0) is 72.2. The first-order chi connectivity index (χ1) is 44.4. The molecule has 0 amide bonds. The van der Waals surface area contributed by atoms with Crippen molar-refractivity contribution in [2.45, 2.75) is 261 Å². The van der Waals surface area contributed by atoms with Gasteiger partial charge in [0.25, 0.3) is 0 Å².